The van der Waals surface area contributed by atoms with Crippen molar-refractivity contribution in [1.29, 1.82) is 0 Å². The van der Waals surface area contributed by atoms with Crippen molar-refractivity contribution in [2.75, 3.05) is 24.3 Å². The number of rotatable bonds is 6. The summed E-state index contributed by atoms with van der Waals surface area (Å²) in [4.78, 5) is 26.7. The van der Waals surface area contributed by atoms with Gasteiger partial charge in [0, 0.05) is 28.7 Å². The fourth-order valence-corrected chi connectivity index (χ4v) is 3.46. The molecule has 1 aliphatic heterocycles. The molecular weight excluding hydrogens is 387 g/mol. The summed E-state index contributed by atoms with van der Waals surface area (Å²) in [6, 6.07) is 11.5. The van der Waals surface area contributed by atoms with Crippen LogP contribution >= 0.6 is 0 Å². The molecule has 0 bridgehead atoms. The first kappa shape index (κ1) is 19.3. The van der Waals surface area contributed by atoms with E-state index in [9.17, 15) is 9.59 Å². The van der Waals surface area contributed by atoms with E-state index in [2.05, 4.69) is 15.6 Å². The number of benzene rings is 2. The number of H-pyrrole nitrogens is 1. The molecule has 30 heavy (non-hydrogen) atoms. The lowest BCUT2D eigenvalue weighted by Crippen LogP contribution is -2.21. The average molecular weight is 406 g/mol. The molecule has 2 amide bonds. The van der Waals surface area contributed by atoms with Crippen molar-refractivity contribution in [3.63, 3.8) is 0 Å². The molecule has 1 aromatic heterocycles. The third kappa shape index (κ3) is 3.50. The highest BCUT2D eigenvalue weighted by Crippen LogP contribution is 2.42. The fourth-order valence-electron chi connectivity index (χ4n) is 3.46. The van der Waals surface area contributed by atoms with Gasteiger partial charge in [0.2, 0.25) is 5.91 Å². The van der Waals surface area contributed by atoms with E-state index < -0.39 is 11.7 Å². The van der Waals surface area contributed by atoms with Crippen molar-refractivity contribution in [3.8, 4) is 16.9 Å². The van der Waals surface area contributed by atoms with Crippen molar-refractivity contribution in [3.05, 3.63) is 65.7 Å². The van der Waals surface area contributed by atoms with Crippen LogP contribution in [0.3, 0.4) is 0 Å². The molecule has 152 valence electrons. The molecule has 3 aromatic rings. The van der Waals surface area contributed by atoms with Crippen LogP contribution in [0.5, 0.6) is 5.75 Å². The number of methoxy groups -OCH3 is 1. The summed E-state index contributed by atoms with van der Waals surface area (Å²) in [6.45, 7) is -0.0450. The Bertz CT molecular complexity index is 1180. The minimum Gasteiger partial charge on any atom is -0.495 e. The van der Waals surface area contributed by atoms with Crippen LogP contribution in [0, 0.1) is 5.82 Å². The number of nitrogens with one attached hydrogen (secondary N) is 3. The summed E-state index contributed by atoms with van der Waals surface area (Å²) in [6.07, 6.45) is 3.33. The number of primary amides is 1. The Kier molecular flexibility index (Phi) is 4.97. The first-order valence-electron chi connectivity index (χ1n) is 9.18. The lowest BCUT2D eigenvalue weighted by molar-refractivity contribution is -0.116. The third-order valence-electron chi connectivity index (χ3n) is 4.78. The predicted octanol–water partition coefficient (Wildman–Crippen LogP) is 3.22. The fraction of sp³-hybridized carbons (Fsp3) is 0.0909. The van der Waals surface area contributed by atoms with E-state index in [1.54, 1.807) is 42.6 Å². The first-order chi connectivity index (χ1) is 14.5. The molecule has 1 aliphatic rings. The molecule has 0 atom stereocenters. The van der Waals surface area contributed by atoms with Crippen LogP contribution in [0.4, 0.5) is 15.8 Å². The number of hydrogen-bond acceptors (Lipinski definition) is 4. The number of fused-ring (bicyclic) bond motifs is 1. The lowest BCUT2D eigenvalue weighted by atomic mass is 9.93. The topological polar surface area (TPSA) is 109 Å². The molecule has 0 saturated heterocycles. The zero-order valence-corrected chi connectivity index (χ0v) is 16.1. The molecule has 2 aromatic carbocycles. The van der Waals surface area contributed by atoms with Gasteiger partial charge in [-0.05, 0) is 42.0 Å². The highest BCUT2D eigenvalue weighted by atomic mass is 19.1. The average Bonchev–Trinajstić information content (AvgIpc) is 3.31. The van der Waals surface area contributed by atoms with Crippen LogP contribution in [-0.2, 0) is 9.59 Å². The van der Waals surface area contributed by atoms with Crippen molar-refractivity contribution in [2.24, 2.45) is 5.73 Å². The second-order valence-corrected chi connectivity index (χ2v) is 6.72. The summed E-state index contributed by atoms with van der Waals surface area (Å²) in [5.74, 6) is -0.746. The van der Waals surface area contributed by atoms with Crippen molar-refractivity contribution in [1.82, 2.24) is 4.98 Å². The van der Waals surface area contributed by atoms with Crippen LogP contribution < -0.4 is 21.1 Å². The molecule has 5 N–H and O–H groups in total. The Morgan fingerprint density at radius 3 is 2.83 bits per heavy atom. The van der Waals surface area contributed by atoms with E-state index in [1.165, 1.54) is 19.2 Å². The summed E-state index contributed by atoms with van der Waals surface area (Å²) in [5.41, 5.74) is 8.52. The van der Waals surface area contributed by atoms with E-state index >= 15 is 4.39 Å². The lowest BCUT2D eigenvalue weighted by Gasteiger charge is -2.12. The Morgan fingerprint density at radius 2 is 2.07 bits per heavy atom. The highest BCUT2D eigenvalue weighted by Gasteiger charge is 2.30. The van der Waals surface area contributed by atoms with Crippen LogP contribution in [0.15, 0.2) is 48.7 Å². The van der Waals surface area contributed by atoms with Gasteiger partial charge in [-0.3, -0.25) is 9.59 Å². The van der Waals surface area contributed by atoms with E-state index in [4.69, 9.17) is 10.5 Å². The van der Waals surface area contributed by atoms with Crippen LogP contribution in [0.1, 0.15) is 11.3 Å². The quantitative estimate of drug-likeness (QED) is 0.471. The predicted molar refractivity (Wildman–Crippen MR) is 113 cm³/mol. The Labute approximate surface area is 171 Å². The number of nitrogens with two attached hydrogens (primary N) is 1. The summed E-state index contributed by atoms with van der Waals surface area (Å²) in [7, 11) is 1.53. The molecular formula is C22H19FN4O3. The summed E-state index contributed by atoms with van der Waals surface area (Å²) in [5, 5.41) is 5.68. The van der Waals surface area contributed by atoms with E-state index in [0.29, 0.717) is 39.5 Å². The number of anilines is 2. The van der Waals surface area contributed by atoms with Crippen molar-refractivity contribution >= 4 is 34.8 Å². The molecule has 0 saturated carbocycles. The number of ether oxygens (including phenoxy) is 1. The van der Waals surface area contributed by atoms with Gasteiger partial charge in [-0.2, -0.15) is 0 Å². The molecule has 0 fully saturated rings. The number of carbonyl (C=O) groups is 2. The molecule has 0 aliphatic carbocycles. The Hall–Kier alpha value is -4.07. The van der Waals surface area contributed by atoms with Crippen LogP contribution in [0.2, 0.25) is 0 Å². The maximum Gasteiger partial charge on any atom is 0.256 e. The van der Waals surface area contributed by atoms with Gasteiger partial charge in [-0.1, -0.05) is 12.1 Å². The minimum absolute atomic E-state index is 0.0450. The van der Waals surface area contributed by atoms with E-state index in [-0.39, 0.29) is 18.0 Å². The summed E-state index contributed by atoms with van der Waals surface area (Å²) < 4.78 is 20.3. The van der Waals surface area contributed by atoms with Crippen LogP contribution in [-0.4, -0.2) is 30.5 Å². The van der Waals surface area contributed by atoms with Gasteiger partial charge in [0.25, 0.3) is 5.91 Å². The monoisotopic (exact) mass is 406 g/mol. The van der Waals surface area contributed by atoms with Gasteiger partial charge >= 0.3 is 0 Å². The molecule has 4 rings (SSSR count). The van der Waals surface area contributed by atoms with Crippen LogP contribution in [0.25, 0.3) is 22.8 Å². The third-order valence-corrected chi connectivity index (χ3v) is 4.78. The Balaban J connectivity index is 1.85. The number of aromatic amines is 1. The largest absolute Gasteiger partial charge is 0.495 e. The van der Waals surface area contributed by atoms with Gasteiger partial charge in [0.1, 0.15) is 11.6 Å². The van der Waals surface area contributed by atoms with Gasteiger partial charge in [0.15, 0.2) is 0 Å². The van der Waals surface area contributed by atoms with Gasteiger partial charge in [-0.25, -0.2) is 4.39 Å². The smallest absolute Gasteiger partial charge is 0.256 e. The maximum atomic E-state index is 15.0. The molecule has 0 radical (unpaired) electrons. The minimum atomic E-state index is -0.507. The van der Waals surface area contributed by atoms with Gasteiger partial charge in [-0.15, -0.1) is 0 Å². The highest BCUT2D eigenvalue weighted by molar-refractivity contribution is 6.36. The molecule has 7 nitrogen and oxygen atoms in total. The number of hydrogen-bond donors (Lipinski definition) is 4. The van der Waals surface area contributed by atoms with Gasteiger partial charge in [0.05, 0.1) is 24.9 Å². The summed E-state index contributed by atoms with van der Waals surface area (Å²) >= 11 is 0. The molecule has 0 spiro atoms. The van der Waals surface area contributed by atoms with Crippen molar-refractivity contribution in [2.45, 2.75) is 0 Å². The standard InChI is InChI=1S/C22H19FN4O3/c1-30-18-7-8-25-17(18)10-14-21-16(27-22(14)29)6-5-15(23)20(21)12-3-2-4-13(9-12)26-11-19(24)28/h2-10,25-26H,11H2,1H3,(H2,24,28)(H,27,29)/b14-10-. The second kappa shape index (κ2) is 7.75. The normalized spacial score (nSPS) is 13.8. The Morgan fingerprint density at radius 1 is 1.23 bits per heavy atom. The van der Waals surface area contributed by atoms with Crippen molar-refractivity contribution < 1.29 is 18.7 Å². The second-order valence-electron chi connectivity index (χ2n) is 6.72. The van der Waals surface area contributed by atoms with Gasteiger partial charge < -0.3 is 26.1 Å². The molecule has 0 unspecified atom stereocenters. The number of carbonyl (C=O) groups excluding carboxylic acids is 2. The maximum absolute atomic E-state index is 15.0. The molecule has 2 heterocycles. The van der Waals surface area contributed by atoms with E-state index in [0.717, 1.165) is 0 Å². The SMILES string of the molecule is COc1cc[nH]c1/C=C1\C(=O)Nc2ccc(F)c(-c3cccc(NCC(N)=O)c3)c21. The zero-order chi connectivity index (χ0) is 21.3. The molecule has 8 heteroatoms. The number of halogens is 1. The van der Waals surface area contributed by atoms with E-state index in [1.807, 2.05) is 0 Å². The number of amides is 2. The first-order valence-corrected chi connectivity index (χ1v) is 9.18. The zero-order valence-electron chi connectivity index (χ0n) is 16.1. The number of aromatic nitrogens is 1.